The van der Waals surface area contributed by atoms with Gasteiger partial charge in [-0.1, -0.05) is 20.3 Å². The Labute approximate surface area is 124 Å². The maximum absolute atomic E-state index is 13.1. The minimum atomic E-state index is -4.19. The van der Waals surface area contributed by atoms with Crippen molar-refractivity contribution < 1.29 is 22.7 Å². The highest BCUT2D eigenvalue weighted by molar-refractivity contribution is 5.71. The lowest BCUT2D eigenvalue weighted by Gasteiger charge is -2.48. The first-order valence-electron chi connectivity index (χ1n) is 7.76. The van der Waals surface area contributed by atoms with Gasteiger partial charge < -0.3 is 4.74 Å². The van der Waals surface area contributed by atoms with Crippen LogP contribution in [-0.4, -0.2) is 42.3 Å². The molecule has 0 aromatic rings. The zero-order chi connectivity index (χ0) is 16.1. The first-order valence-corrected chi connectivity index (χ1v) is 7.76. The van der Waals surface area contributed by atoms with Gasteiger partial charge in [-0.3, -0.25) is 9.69 Å². The van der Waals surface area contributed by atoms with Crippen molar-refractivity contribution in [3.8, 4) is 0 Å². The zero-order valence-electron chi connectivity index (χ0n) is 13.1. The third kappa shape index (κ3) is 4.59. The van der Waals surface area contributed by atoms with Gasteiger partial charge in [-0.05, 0) is 39.3 Å². The highest BCUT2D eigenvalue weighted by Crippen LogP contribution is 2.45. The van der Waals surface area contributed by atoms with Crippen LogP contribution in [0.2, 0.25) is 0 Å². The number of nitrogens with zero attached hydrogens (tertiary/aromatic N) is 1. The van der Waals surface area contributed by atoms with Crippen LogP contribution in [0.3, 0.4) is 0 Å². The van der Waals surface area contributed by atoms with Gasteiger partial charge in [0, 0.05) is 5.54 Å². The van der Waals surface area contributed by atoms with Crippen LogP contribution in [0.1, 0.15) is 52.9 Å². The first-order chi connectivity index (χ1) is 9.79. The van der Waals surface area contributed by atoms with Crippen molar-refractivity contribution in [2.45, 2.75) is 64.6 Å². The number of hydrogen-bond acceptors (Lipinski definition) is 3. The van der Waals surface area contributed by atoms with E-state index < -0.39 is 23.6 Å². The fourth-order valence-electron chi connectivity index (χ4n) is 3.55. The molecule has 1 rings (SSSR count). The summed E-state index contributed by atoms with van der Waals surface area (Å²) in [5, 5.41) is 0. The number of carbonyl (C=O) groups excluding carboxylic acids is 1. The number of carbonyl (C=O) groups is 1. The van der Waals surface area contributed by atoms with Gasteiger partial charge in [-0.25, -0.2) is 0 Å². The van der Waals surface area contributed by atoms with Crippen LogP contribution < -0.4 is 0 Å². The third-order valence-electron chi connectivity index (χ3n) is 4.50. The number of ether oxygens (including phenoxy) is 1. The van der Waals surface area contributed by atoms with Crippen LogP contribution >= 0.6 is 0 Å². The van der Waals surface area contributed by atoms with E-state index in [9.17, 15) is 18.0 Å². The number of esters is 1. The molecule has 1 fully saturated rings. The Hall–Kier alpha value is -0.780. The van der Waals surface area contributed by atoms with E-state index in [-0.39, 0.29) is 25.9 Å². The van der Waals surface area contributed by atoms with Crippen LogP contribution in [0.25, 0.3) is 0 Å². The quantitative estimate of drug-likeness (QED) is 0.699. The summed E-state index contributed by atoms with van der Waals surface area (Å²) in [7, 11) is 0. The number of hydrogen-bond donors (Lipinski definition) is 0. The standard InChI is InChI=1S/C15H26F3NO2/c1-4-19(5-2)14(11-13(20)21-6-3)9-7-8-12(10-14)15(16,17)18/h12H,4-11H2,1-3H3. The molecule has 2 atom stereocenters. The lowest BCUT2D eigenvalue weighted by Crippen LogP contribution is -2.54. The summed E-state index contributed by atoms with van der Waals surface area (Å²) < 4.78 is 44.3. The second-order valence-electron chi connectivity index (χ2n) is 5.71. The SMILES string of the molecule is CCOC(=O)CC1(N(CC)CC)CCCC(C(F)(F)F)C1. The van der Waals surface area contributed by atoms with Gasteiger partial charge in [0.1, 0.15) is 0 Å². The van der Waals surface area contributed by atoms with E-state index >= 15 is 0 Å². The predicted molar refractivity (Wildman–Crippen MR) is 74.9 cm³/mol. The molecule has 0 radical (unpaired) electrons. The number of rotatable bonds is 6. The van der Waals surface area contributed by atoms with Crippen LogP contribution in [0.4, 0.5) is 13.2 Å². The van der Waals surface area contributed by atoms with Gasteiger partial charge in [0.05, 0.1) is 18.9 Å². The highest BCUT2D eigenvalue weighted by Gasteiger charge is 2.50. The second-order valence-corrected chi connectivity index (χ2v) is 5.71. The summed E-state index contributed by atoms with van der Waals surface area (Å²) in [5.74, 6) is -1.71. The van der Waals surface area contributed by atoms with Crippen LogP contribution in [0.5, 0.6) is 0 Å². The molecule has 0 heterocycles. The van der Waals surface area contributed by atoms with Crippen LogP contribution in [0.15, 0.2) is 0 Å². The van der Waals surface area contributed by atoms with Crippen molar-refractivity contribution in [2.75, 3.05) is 19.7 Å². The van der Waals surface area contributed by atoms with Gasteiger partial charge in [0.2, 0.25) is 0 Å². The zero-order valence-corrected chi connectivity index (χ0v) is 13.1. The van der Waals surface area contributed by atoms with Gasteiger partial charge in [-0.15, -0.1) is 0 Å². The normalized spacial score (nSPS) is 26.9. The summed E-state index contributed by atoms with van der Waals surface area (Å²) >= 11 is 0. The monoisotopic (exact) mass is 309 g/mol. The molecule has 124 valence electrons. The van der Waals surface area contributed by atoms with Crippen molar-refractivity contribution >= 4 is 5.97 Å². The molecule has 0 bridgehead atoms. The van der Waals surface area contributed by atoms with Crippen LogP contribution in [-0.2, 0) is 9.53 Å². The molecule has 2 unspecified atom stereocenters. The molecule has 1 saturated carbocycles. The Morgan fingerprint density at radius 2 is 1.90 bits per heavy atom. The van der Waals surface area contributed by atoms with Gasteiger partial charge in [0.15, 0.2) is 0 Å². The lowest BCUT2D eigenvalue weighted by atomic mass is 9.72. The topological polar surface area (TPSA) is 29.5 Å². The molecule has 0 amide bonds. The van der Waals surface area contributed by atoms with E-state index in [4.69, 9.17) is 4.74 Å². The summed E-state index contributed by atoms with van der Waals surface area (Å²) in [6, 6.07) is 0. The molecular weight excluding hydrogens is 283 g/mol. The smallest absolute Gasteiger partial charge is 0.391 e. The number of alkyl halides is 3. The van der Waals surface area contributed by atoms with Crippen LogP contribution in [0, 0.1) is 5.92 Å². The molecule has 0 aromatic carbocycles. The summed E-state index contributed by atoms with van der Waals surface area (Å²) in [6.45, 7) is 7.10. The second kappa shape index (κ2) is 7.47. The highest BCUT2D eigenvalue weighted by atomic mass is 19.4. The molecule has 0 aromatic heterocycles. The van der Waals surface area contributed by atoms with Crippen molar-refractivity contribution in [1.29, 1.82) is 0 Å². The van der Waals surface area contributed by atoms with Crippen molar-refractivity contribution in [2.24, 2.45) is 5.92 Å². The average Bonchev–Trinajstić information content (AvgIpc) is 2.39. The molecule has 0 aliphatic heterocycles. The van der Waals surface area contributed by atoms with E-state index in [0.29, 0.717) is 25.9 Å². The first kappa shape index (κ1) is 18.3. The summed E-state index contributed by atoms with van der Waals surface area (Å²) in [5.41, 5.74) is -0.714. The molecule has 0 saturated heterocycles. The van der Waals surface area contributed by atoms with E-state index in [0.717, 1.165) is 0 Å². The molecule has 1 aliphatic carbocycles. The van der Waals surface area contributed by atoms with Crippen molar-refractivity contribution in [3.05, 3.63) is 0 Å². The molecule has 21 heavy (non-hydrogen) atoms. The molecule has 0 spiro atoms. The largest absolute Gasteiger partial charge is 0.466 e. The van der Waals surface area contributed by atoms with Crippen molar-refractivity contribution in [3.63, 3.8) is 0 Å². The van der Waals surface area contributed by atoms with E-state index in [1.54, 1.807) is 6.92 Å². The minimum Gasteiger partial charge on any atom is -0.466 e. The van der Waals surface area contributed by atoms with Gasteiger partial charge in [-0.2, -0.15) is 13.2 Å². The third-order valence-corrected chi connectivity index (χ3v) is 4.50. The Bertz CT molecular complexity index is 342. The Morgan fingerprint density at radius 1 is 1.29 bits per heavy atom. The number of halogens is 3. The Balaban J connectivity index is 2.98. The van der Waals surface area contributed by atoms with Crippen molar-refractivity contribution in [1.82, 2.24) is 4.90 Å². The maximum atomic E-state index is 13.1. The van der Waals surface area contributed by atoms with E-state index in [1.165, 1.54) is 0 Å². The lowest BCUT2D eigenvalue weighted by molar-refractivity contribution is -0.196. The van der Waals surface area contributed by atoms with Gasteiger partial charge >= 0.3 is 12.1 Å². The van der Waals surface area contributed by atoms with E-state index in [1.807, 2.05) is 18.7 Å². The Kier molecular flexibility index (Phi) is 6.50. The minimum absolute atomic E-state index is 0.00298. The molecule has 3 nitrogen and oxygen atoms in total. The van der Waals surface area contributed by atoms with E-state index in [2.05, 4.69) is 0 Å². The fourth-order valence-corrected chi connectivity index (χ4v) is 3.55. The molecular formula is C15H26F3NO2. The molecule has 0 N–H and O–H groups in total. The maximum Gasteiger partial charge on any atom is 0.391 e. The summed E-state index contributed by atoms with van der Waals surface area (Å²) in [6.07, 6.45) is -2.85. The fraction of sp³-hybridized carbons (Fsp3) is 0.933. The predicted octanol–water partition coefficient (Wildman–Crippen LogP) is 3.77. The molecule has 6 heteroatoms. The Morgan fingerprint density at radius 3 is 2.38 bits per heavy atom. The average molecular weight is 309 g/mol. The summed E-state index contributed by atoms with van der Waals surface area (Å²) in [4.78, 5) is 13.9. The van der Waals surface area contributed by atoms with Gasteiger partial charge in [0.25, 0.3) is 0 Å². The molecule has 1 aliphatic rings.